The average Bonchev–Trinajstić information content (AvgIpc) is 2.60. The maximum Gasteiger partial charge on any atom is 0.293 e. The number of benzene rings is 2. The number of nitrogens with one attached hydrogen (secondary N) is 2. The molecule has 2 rings (SSSR count). The van der Waals surface area contributed by atoms with Crippen molar-refractivity contribution >= 4 is 33.0 Å². The summed E-state index contributed by atoms with van der Waals surface area (Å²) < 4.78 is 27.1. The van der Waals surface area contributed by atoms with Gasteiger partial charge in [0.2, 0.25) is 10.0 Å². The van der Waals surface area contributed by atoms with E-state index in [-0.39, 0.29) is 29.4 Å². The van der Waals surface area contributed by atoms with E-state index in [0.717, 1.165) is 11.6 Å². The van der Waals surface area contributed by atoms with Gasteiger partial charge < -0.3 is 10.2 Å². The summed E-state index contributed by atoms with van der Waals surface area (Å²) in [4.78, 5) is 12.5. The minimum absolute atomic E-state index is 0.156. The third kappa shape index (κ3) is 5.90. The number of nitro groups is 1. The van der Waals surface area contributed by atoms with E-state index in [9.17, 15) is 18.5 Å². The van der Waals surface area contributed by atoms with Gasteiger partial charge in [-0.2, -0.15) is 0 Å². The Labute approximate surface area is 163 Å². The third-order valence-electron chi connectivity index (χ3n) is 3.75. The van der Waals surface area contributed by atoms with Crippen LogP contribution in [0.1, 0.15) is 5.56 Å². The lowest BCUT2D eigenvalue weighted by atomic mass is 10.2. The number of nitro benzene ring substituents is 1. The topological polar surface area (TPSA) is 105 Å². The van der Waals surface area contributed by atoms with Crippen LogP contribution in [-0.4, -0.2) is 45.4 Å². The number of likely N-dealkylation sites (N-methyl/N-ethyl adjacent to an activating group) is 1. The van der Waals surface area contributed by atoms with Crippen LogP contribution in [0.3, 0.4) is 0 Å². The van der Waals surface area contributed by atoms with E-state index >= 15 is 0 Å². The second-order valence-electron chi connectivity index (χ2n) is 6.08. The number of anilines is 1. The van der Waals surface area contributed by atoms with Crippen molar-refractivity contribution < 1.29 is 13.3 Å². The van der Waals surface area contributed by atoms with E-state index < -0.39 is 14.9 Å². The summed E-state index contributed by atoms with van der Waals surface area (Å²) in [6.45, 7) is 0.988. The molecule has 0 atom stereocenters. The lowest BCUT2D eigenvalue weighted by Gasteiger charge is -2.12. The Morgan fingerprint density at radius 2 is 1.89 bits per heavy atom. The Kier molecular flexibility index (Phi) is 7.14. The van der Waals surface area contributed by atoms with Crippen LogP contribution in [0, 0.1) is 10.1 Å². The van der Waals surface area contributed by atoms with Crippen LogP contribution >= 0.6 is 11.6 Å². The lowest BCUT2D eigenvalue weighted by molar-refractivity contribution is -0.384. The first-order valence-corrected chi connectivity index (χ1v) is 9.97. The van der Waals surface area contributed by atoms with Gasteiger partial charge in [0.25, 0.3) is 5.69 Å². The standard InChI is InChI=1S/C17H21ClN4O4S/c1-21(2)10-9-20-27(25,26)14-7-8-16(17(11-14)22(23)24)19-12-13-5-3-4-6-15(13)18/h3-8,11,19-20H,9-10,12H2,1-2H3. The SMILES string of the molecule is CN(C)CCNS(=O)(=O)c1ccc(NCc2ccccc2Cl)c([N+](=O)[O-])c1. The third-order valence-corrected chi connectivity index (χ3v) is 5.58. The van der Waals surface area contributed by atoms with Crippen molar-refractivity contribution in [2.45, 2.75) is 11.4 Å². The molecular formula is C17H21ClN4O4S. The lowest BCUT2D eigenvalue weighted by Crippen LogP contribution is -2.31. The second kappa shape index (κ2) is 9.14. The summed E-state index contributed by atoms with van der Waals surface area (Å²) in [5.41, 5.74) is 0.667. The van der Waals surface area contributed by atoms with Gasteiger partial charge in [0.1, 0.15) is 5.69 Å². The Morgan fingerprint density at radius 3 is 2.52 bits per heavy atom. The molecule has 0 amide bonds. The molecule has 0 spiro atoms. The van der Waals surface area contributed by atoms with Crippen LogP contribution in [0.5, 0.6) is 0 Å². The Morgan fingerprint density at radius 1 is 1.19 bits per heavy atom. The normalized spacial score (nSPS) is 11.6. The number of hydrogen-bond donors (Lipinski definition) is 2. The van der Waals surface area contributed by atoms with Gasteiger partial charge in [0.05, 0.1) is 9.82 Å². The van der Waals surface area contributed by atoms with Gasteiger partial charge in [-0.3, -0.25) is 10.1 Å². The van der Waals surface area contributed by atoms with Crippen molar-refractivity contribution in [1.82, 2.24) is 9.62 Å². The molecule has 2 aromatic rings. The molecule has 0 aliphatic heterocycles. The predicted molar refractivity (Wildman–Crippen MR) is 106 cm³/mol. The minimum Gasteiger partial charge on any atom is -0.375 e. The predicted octanol–water partition coefficient (Wildman–Crippen LogP) is 2.70. The molecule has 146 valence electrons. The molecule has 0 radical (unpaired) electrons. The maximum atomic E-state index is 12.3. The quantitative estimate of drug-likeness (QED) is 0.484. The maximum absolute atomic E-state index is 12.3. The Hall–Kier alpha value is -2.20. The summed E-state index contributed by atoms with van der Waals surface area (Å²) in [6.07, 6.45) is 0. The van der Waals surface area contributed by atoms with Gasteiger partial charge in [-0.1, -0.05) is 29.8 Å². The first kappa shape index (κ1) is 21.1. The van der Waals surface area contributed by atoms with Crippen molar-refractivity contribution in [3.63, 3.8) is 0 Å². The van der Waals surface area contributed by atoms with Crippen molar-refractivity contribution in [1.29, 1.82) is 0 Å². The highest BCUT2D eigenvalue weighted by Crippen LogP contribution is 2.28. The van der Waals surface area contributed by atoms with Crippen LogP contribution in [0.4, 0.5) is 11.4 Å². The molecule has 27 heavy (non-hydrogen) atoms. The van der Waals surface area contributed by atoms with Gasteiger partial charge >= 0.3 is 0 Å². The van der Waals surface area contributed by atoms with Gasteiger partial charge in [0, 0.05) is 30.7 Å². The number of rotatable bonds is 9. The van der Waals surface area contributed by atoms with Crippen molar-refractivity contribution in [3.8, 4) is 0 Å². The fourth-order valence-electron chi connectivity index (χ4n) is 2.30. The van der Waals surface area contributed by atoms with Crippen LogP contribution in [0.25, 0.3) is 0 Å². The molecule has 0 unspecified atom stereocenters. The highest BCUT2D eigenvalue weighted by atomic mass is 35.5. The molecule has 8 nitrogen and oxygen atoms in total. The minimum atomic E-state index is -3.83. The van der Waals surface area contributed by atoms with E-state index in [0.29, 0.717) is 11.6 Å². The summed E-state index contributed by atoms with van der Waals surface area (Å²) >= 11 is 6.08. The van der Waals surface area contributed by atoms with E-state index in [1.165, 1.54) is 12.1 Å². The van der Waals surface area contributed by atoms with E-state index in [1.54, 1.807) is 18.2 Å². The zero-order valence-electron chi connectivity index (χ0n) is 15.0. The highest BCUT2D eigenvalue weighted by Gasteiger charge is 2.21. The molecule has 2 N–H and O–H groups in total. The number of sulfonamides is 1. The van der Waals surface area contributed by atoms with Crippen LogP contribution in [-0.2, 0) is 16.6 Å². The zero-order valence-corrected chi connectivity index (χ0v) is 16.5. The van der Waals surface area contributed by atoms with Gasteiger partial charge in [-0.25, -0.2) is 13.1 Å². The largest absolute Gasteiger partial charge is 0.375 e. The second-order valence-corrected chi connectivity index (χ2v) is 8.26. The molecule has 2 aromatic carbocycles. The van der Waals surface area contributed by atoms with Gasteiger partial charge in [-0.15, -0.1) is 0 Å². The molecule has 0 fully saturated rings. The van der Waals surface area contributed by atoms with E-state index in [1.807, 2.05) is 25.1 Å². The summed E-state index contributed by atoms with van der Waals surface area (Å²) in [7, 11) is -0.196. The molecule has 0 saturated carbocycles. The van der Waals surface area contributed by atoms with Gasteiger partial charge in [0.15, 0.2) is 0 Å². The number of halogens is 1. The Bertz CT molecular complexity index is 919. The van der Waals surface area contributed by atoms with Crippen LogP contribution in [0.15, 0.2) is 47.4 Å². The fraction of sp³-hybridized carbons (Fsp3) is 0.294. The number of nitrogens with zero attached hydrogens (tertiary/aromatic N) is 2. The van der Waals surface area contributed by atoms with Crippen LogP contribution < -0.4 is 10.0 Å². The van der Waals surface area contributed by atoms with Crippen molar-refractivity contribution in [2.75, 3.05) is 32.5 Å². The summed E-state index contributed by atoms with van der Waals surface area (Å²) in [5.74, 6) is 0. The summed E-state index contributed by atoms with van der Waals surface area (Å²) in [5, 5.41) is 14.9. The molecule has 0 saturated heterocycles. The first-order valence-electron chi connectivity index (χ1n) is 8.11. The molecule has 0 aromatic heterocycles. The molecule has 0 heterocycles. The van der Waals surface area contributed by atoms with Crippen molar-refractivity contribution in [3.05, 3.63) is 63.2 Å². The number of hydrogen-bond acceptors (Lipinski definition) is 6. The molecule has 0 aliphatic rings. The smallest absolute Gasteiger partial charge is 0.293 e. The molecule has 0 aliphatic carbocycles. The molecule has 10 heteroatoms. The van der Waals surface area contributed by atoms with Crippen LogP contribution in [0.2, 0.25) is 5.02 Å². The highest BCUT2D eigenvalue weighted by molar-refractivity contribution is 7.89. The monoisotopic (exact) mass is 412 g/mol. The molecular weight excluding hydrogens is 392 g/mol. The van der Waals surface area contributed by atoms with E-state index in [2.05, 4.69) is 10.0 Å². The average molecular weight is 413 g/mol. The zero-order chi connectivity index (χ0) is 20.0. The Balaban J connectivity index is 2.21. The fourth-order valence-corrected chi connectivity index (χ4v) is 3.54. The van der Waals surface area contributed by atoms with Gasteiger partial charge in [-0.05, 0) is 37.9 Å². The molecule has 0 bridgehead atoms. The van der Waals surface area contributed by atoms with E-state index in [4.69, 9.17) is 11.6 Å². The summed E-state index contributed by atoms with van der Waals surface area (Å²) in [6, 6.07) is 10.9. The first-order chi connectivity index (χ1) is 12.7. The van der Waals surface area contributed by atoms with Crippen molar-refractivity contribution in [2.24, 2.45) is 0 Å².